The second kappa shape index (κ2) is 8.85. The highest BCUT2D eigenvalue weighted by Gasteiger charge is 2.24. The number of benzene rings is 2. The van der Waals surface area contributed by atoms with Crippen LogP contribution >= 0.6 is 0 Å². The number of H-pyrrole nitrogens is 2. The molecule has 4 N–H and O–H groups in total. The van der Waals surface area contributed by atoms with Gasteiger partial charge in [0.25, 0.3) is 0 Å². The number of aromatic nitrogens is 4. The zero-order chi connectivity index (χ0) is 23.1. The van der Waals surface area contributed by atoms with E-state index in [1.807, 2.05) is 13.2 Å². The van der Waals surface area contributed by atoms with Crippen LogP contribution in [-0.2, 0) is 12.8 Å². The fraction of sp³-hybridized carbons (Fsp3) is 0.357. The Labute approximate surface area is 200 Å². The topological polar surface area (TPSA) is 81.4 Å². The lowest BCUT2D eigenvalue weighted by Gasteiger charge is -2.10. The number of nitrogens with one attached hydrogen (secondary N) is 4. The maximum absolute atomic E-state index is 5.07. The van der Waals surface area contributed by atoms with Crippen LogP contribution in [-0.4, -0.2) is 33.5 Å². The lowest BCUT2D eigenvalue weighted by atomic mass is 9.95. The quantitative estimate of drug-likeness (QED) is 0.330. The van der Waals surface area contributed by atoms with Crippen molar-refractivity contribution in [2.45, 2.75) is 51.1 Å². The predicted octanol–water partition coefficient (Wildman–Crippen LogP) is 5.33. The largest absolute Gasteiger partial charge is 0.344 e. The SMILES string of the molecule is CN[C@@H](C)c1ncc(-c2ccc(-c3ccc4c(c3)CCCc3[nH]c([C@@H]5CCCN5)nc3-4)cc2)[nH]1. The summed E-state index contributed by atoms with van der Waals surface area (Å²) in [5.41, 5.74) is 9.83. The molecule has 1 saturated heterocycles. The van der Waals surface area contributed by atoms with Crippen LogP contribution in [0.5, 0.6) is 0 Å². The third-order valence-corrected chi connectivity index (χ3v) is 7.39. The highest BCUT2D eigenvalue weighted by molar-refractivity contribution is 5.75. The van der Waals surface area contributed by atoms with Gasteiger partial charge in [0, 0.05) is 11.3 Å². The highest BCUT2D eigenvalue weighted by Crippen LogP contribution is 2.36. The average Bonchev–Trinajstić information content (AvgIpc) is 3.63. The van der Waals surface area contributed by atoms with Crippen molar-refractivity contribution in [2.24, 2.45) is 0 Å². The Morgan fingerprint density at radius 3 is 2.59 bits per heavy atom. The van der Waals surface area contributed by atoms with Crippen LogP contribution in [0.3, 0.4) is 0 Å². The summed E-state index contributed by atoms with van der Waals surface area (Å²) in [5, 5.41) is 6.80. The molecule has 0 radical (unpaired) electrons. The second-order valence-corrected chi connectivity index (χ2v) is 9.59. The number of nitrogens with zero attached hydrogens (tertiary/aromatic N) is 2. The molecular formula is C28H32N6. The Morgan fingerprint density at radius 2 is 1.79 bits per heavy atom. The summed E-state index contributed by atoms with van der Waals surface area (Å²) in [6, 6.07) is 16.2. The number of aromatic amines is 2. The molecule has 6 rings (SSSR count). The molecule has 0 bridgehead atoms. The summed E-state index contributed by atoms with van der Waals surface area (Å²) in [7, 11) is 1.95. The van der Waals surface area contributed by atoms with E-state index in [-0.39, 0.29) is 6.04 Å². The maximum Gasteiger partial charge on any atom is 0.124 e. The van der Waals surface area contributed by atoms with Gasteiger partial charge in [-0.25, -0.2) is 9.97 Å². The second-order valence-electron chi connectivity index (χ2n) is 9.59. The minimum atomic E-state index is 0.202. The zero-order valence-corrected chi connectivity index (χ0v) is 19.9. The molecule has 2 atom stereocenters. The van der Waals surface area contributed by atoms with E-state index < -0.39 is 0 Å². The Bertz CT molecular complexity index is 1290. The van der Waals surface area contributed by atoms with E-state index in [9.17, 15) is 0 Å². The van der Waals surface area contributed by atoms with E-state index in [1.54, 1.807) is 0 Å². The van der Waals surface area contributed by atoms with E-state index in [2.05, 4.69) is 75.0 Å². The predicted molar refractivity (Wildman–Crippen MR) is 137 cm³/mol. The molecule has 2 aromatic heterocycles. The molecule has 6 heteroatoms. The number of hydrogen-bond acceptors (Lipinski definition) is 4. The molecule has 2 aliphatic rings. The first kappa shape index (κ1) is 21.3. The van der Waals surface area contributed by atoms with Crippen LogP contribution in [0, 0.1) is 0 Å². The first-order chi connectivity index (χ1) is 16.7. The molecule has 6 nitrogen and oxygen atoms in total. The van der Waals surface area contributed by atoms with Crippen LogP contribution < -0.4 is 10.6 Å². The highest BCUT2D eigenvalue weighted by atomic mass is 15.0. The maximum atomic E-state index is 5.07. The first-order valence-corrected chi connectivity index (χ1v) is 12.5. The van der Waals surface area contributed by atoms with Crippen molar-refractivity contribution in [3.05, 3.63) is 71.6 Å². The van der Waals surface area contributed by atoms with Gasteiger partial charge in [0.05, 0.1) is 29.7 Å². The third-order valence-electron chi connectivity index (χ3n) is 7.39. The van der Waals surface area contributed by atoms with E-state index in [0.717, 1.165) is 54.4 Å². The molecule has 1 fully saturated rings. The molecule has 0 amide bonds. The average molecular weight is 453 g/mol. The molecule has 3 heterocycles. The Morgan fingerprint density at radius 1 is 0.971 bits per heavy atom. The fourth-order valence-corrected chi connectivity index (χ4v) is 5.27. The van der Waals surface area contributed by atoms with E-state index in [0.29, 0.717) is 6.04 Å². The number of imidazole rings is 2. The molecule has 174 valence electrons. The summed E-state index contributed by atoms with van der Waals surface area (Å²) in [6.45, 7) is 3.19. The standard InChI is InChI=1S/C28H32N6/c1-17(29-2)27-31-16-25(33-27)19-10-8-18(9-11-19)20-12-13-22-21(15-20)5-3-6-23-26(22)34-28(32-23)24-7-4-14-30-24/h8-13,15-17,24,29-30H,3-7,14H2,1-2H3,(H,31,33)(H,32,34)/t17-,24-/m0/s1. The molecule has 4 aromatic rings. The monoisotopic (exact) mass is 452 g/mol. The lowest BCUT2D eigenvalue weighted by Crippen LogP contribution is -2.14. The molecule has 34 heavy (non-hydrogen) atoms. The van der Waals surface area contributed by atoms with Gasteiger partial charge in [-0.05, 0) is 74.9 Å². The van der Waals surface area contributed by atoms with Crippen LogP contribution in [0.15, 0.2) is 48.7 Å². The van der Waals surface area contributed by atoms with Crippen LogP contribution in [0.25, 0.3) is 33.6 Å². The fourth-order valence-electron chi connectivity index (χ4n) is 5.27. The van der Waals surface area contributed by atoms with E-state index in [1.165, 1.54) is 40.8 Å². The summed E-state index contributed by atoms with van der Waals surface area (Å²) in [4.78, 5) is 16.7. The van der Waals surface area contributed by atoms with Crippen molar-refractivity contribution in [1.82, 2.24) is 30.6 Å². The van der Waals surface area contributed by atoms with Crippen molar-refractivity contribution >= 4 is 0 Å². The molecule has 0 saturated carbocycles. The first-order valence-electron chi connectivity index (χ1n) is 12.5. The summed E-state index contributed by atoms with van der Waals surface area (Å²) in [6.07, 6.45) is 7.61. The van der Waals surface area contributed by atoms with Crippen molar-refractivity contribution in [3.8, 4) is 33.6 Å². The molecule has 0 spiro atoms. The van der Waals surface area contributed by atoms with Gasteiger partial charge in [-0.15, -0.1) is 0 Å². The van der Waals surface area contributed by atoms with Gasteiger partial charge >= 0.3 is 0 Å². The van der Waals surface area contributed by atoms with Crippen molar-refractivity contribution in [2.75, 3.05) is 13.6 Å². The minimum absolute atomic E-state index is 0.202. The molecule has 0 unspecified atom stereocenters. The third kappa shape index (κ3) is 3.87. The van der Waals surface area contributed by atoms with E-state index in [4.69, 9.17) is 4.98 Å². The normalized spacial score (nSPS) is 18.4. The smallest absolute Gasteiger partial charge is 0.124 e. The number of fused-ring (bicyclic) bond motifs is 3. The van der Waals surface area contributed by atoms with Gasteiger partial charge in [-0.1, -0.05) is 42.5 Å². The van der Waals surface area contributed by atoms with Crippen LogP contribution in [0.4, 0.5) is 0 Å². The Kier molecular flexibility index (Phi) is 5.55. The molecule has 1 aliphatic carbocycles. The number of rotatable bonds is 5. The molecule has 2 aromatic carbocycles. The summed E-state index contributed by atoms with van der Waals surface area (Å²) < 4.78 is 0. The van der Waals surface area contributed by atoms with Gasteiger partial charge in [-0.2, -0.15) is 0 Å². The zero-order valence-electron chi connectivity index (χ0n) is 19.9. The summed E-state index contributed by atoms with van der Waals surface area (Å²) in [5.74, 6) is 2.07. The van der Waals surface area contributed by atoms with Gasteiger partial charge in [-0.3, -0.25) is 0 Å². The van der Waals surface area contributed by atoms with Crippen molar-refractivity contribution in [1.29, 1.82) is 0 Å². The van der Waals surface area contributed by atoms with Gasteiger partial charge in [0.1, 0.15) is 11.6 Å². The van der Waals surface area contributed by atoms with Gasteiger partial charge in [0.15, 0.2) is 0 Å². The minimum Gasteiger partial charge on any atom is -0.344 e. The van der Waals surface area contributed by atoms with Gasteiger partial charge < -0.3 is 20.6 Å². The molecular weight excluding hydrogens is 420 g/mol. The van der Waals surface area contributed by atoms with Crippen molar-refractivity contribution in [3.63, 3.8) is 0 Å². The summed E-state index contributed by atoms with van der Waals surface area (Å²) >= 11 is 0. The number of aryl methyl sites for hydroxylation is 2. The number of hydrogen-bond donors (Lipinski definition) is 4. The Hall–Kier alpha value is -3.22. The van der Waals surface area contributed by atoms with Crippen molar-refractivity contribution < 1.29 is 0 Å². The lowest BCUT2D eigenvalue weighted by molar-refractivity contribution is 0.610. The van der Waals surface area contributed by atoms with E-state index >= 15 is 0 Å². The van der Waals surface area contributed by atoms with Gasteiger partial charge in [0.2, 0.25) is 0 Å². The van der Waals surface area contributed by atoms with Crippen LogP contribution in [0.1, 0.15) is 61.2 Å². The Balaban J connectivity index is 1.28. The molecule has 1 aliphatic heterocycles. The van der Waals surface area contributed by atoms with Crippen LogP contribution in [0.2, 0.25) is 0 Å².